The molecule has 0 aromatic heterocycles. The number of aliphatic imine (C=N–C) groups is 2. The highest BCUT2D eigenvalue weighted by atomic mass is 35.5. The van der Waals surface area contributed by atoms with E-state index >= 15 is 0 Å². The molecule has 116 valence electrons. The van der Waals surface area contributed by atoms with Crippen molar-refractivity contribution in [1.82, 2.24) is 5.06 Å². The Morgan fingerprint density at radius 1 is 1.24 bits per heavy atom. The molecule has 0 spiro atoms. The summed E-state index contributed by atoms with van der Waals surface area (Å²) in [4.78, 5) is 13.8. The maximum absolute atomic E-state index is 5.84. The molecule has 21 heavy (non-hydrogen) atoms. The number of hydrogen-bond donors (Lipinski definition) is 2. The molecular formula is C13H19Cl2N5O. The topological polar surface area (TPSA) is 89.2 Å². The number of hydroxylamine groups is 2. The van der Waals surface area contributed by atoms with E-state index < -0.39 is 5.66 Å². The number of nitrogens with zero attached hydrogens (tertiary/aromatic N) is 3. The molecule has 1 aromatic rings. The maximum atomic E-state index is 5.84. The van der Waals surface area contributed by atoms with Gasteiger partial charge in [0.15, 0.2) is 5.66 Å². The third kappa shape index (κ3) is 4.49. The number of guanidine groups is 2. The van der Waals surface area contributed by atoms with Crippen LogP contribution in [0.1, 0.15) is 19.4 Å². The Labute approximate surface area is 135 Å². The van der Waals surface area contributed by atoms with E-state index in [0.717, 1.165) is 12.0 Å². The van der Waals surface area contributed by atoms with Crippen LogP contribution in [0.4, 0.5) is 0 Å². The largest absolute Gasteiger partial charge is 0.368 e. The van der Waals surface area contributed by atoms with E-state index in [0.29, 0.717) is 11.6 Å². The van der Waals surface area contributed by atoms with Gasteiger partial charge in [-0.05, 0) is 38.0 Å². The lowest BCUT2D eigenvalue weighted by Crippen LogP contribution is -2.53. The highest BCUT2D eigenvalue weighted by Crippen LogP contribution is 2.20. The van der Waals surface area contributed by atoms with Gasteiger partial charge in [-0.15, -0.1) is 12.4 Å². The van der Waals surface area contributed by atoms with Gasteiger partial charge in [0.2, 0.25) is 11.9 Å². The van der Waals surface area contributed by atoms with Crippen molar-refractivity contribution in [1.29, 1.82) is 0 Å². The zero-order valence-electron chi connectivity index (χ0n) is 11.9. The monoisotopic (exact) mass is 331 g/mol. The van der Waals surface area contributed by atoms with Gasteiger partial charge in [-0.25, -0.2) is 4.99 Å². The van der Waals surface area contributed by atoms with Crippen LogP contribution in [-0.4, -0.2) is 29.3 Å². The van der Waals surface area contributed by atoms with E-state index in [4.69, 9.17) is 27.9 Å². The highest BCUT2D eigenvalue weighted by Gasteiger charge is 2.32. The molecule has 6 nitrogen and oxygen atoms in total. The Morgan fingerprint density at radius 2 is 1.86 bits per heavy atom. The fourth-order valence-corrected chi connectivity index (χ4v) is 2.05. The van der Waals surface area contributed by atoms with Gasteiger partial charge in [-0.1, -0.05) is 23.7 Å². The summed E-state index contributed by atoms with van der Waals surface area (Å²) >= 11 is 5.84. The maximum Gasteiger partial charge on any atom is 0.226 e. The summed E-state index contributed by atoms with van der Waals surface area (Å²) in [5.74, 6) is 0.364. The Morgan fingerprint density at radius 3 is 2.43 bits per heavy atom. The zero-order valence-corrected chi connectivity index (χ0v) is 13.5. The van der Waals surface area contributed by atoms with Crippen molar-refractivity contribution in [2.45, 2.75) is 25.9 Å². The first kappa shape index (κ1) is 17.6. The smallest absolute Gasteiger partial charge is 0.226 e. The summed E-state index contributed by atoms with van der Waals surface area (Å²) in [5.41, 5.74) is 11.9. The third-order valence-electron chi connectivity index (χ3n) is 2.85. The predicted octanol–water partition coefficient (Wildman–Crippen LogP) is 1.92. The standard InChI is InChI=1S/C13H18ClN5O.ClH/c1-13(2)18-11(15)17-12(16)19(13)20-8-7-9-3-5-10(14)6-4-9;/h3-6H,7-8H2,1-2H3,(H4,15,16,17,18);1H. The molecule has 2 rings (SSSR count). The highest BCUT2D eigenvalue weighted by molar-refractivity contribution is 6.30. The van der Waals surface area contributed by atoms with Crippen LogP contribution >= 0.6 is 24.0 Å². The van der Waals surface area contributed by atoms with E-state index in [1.54, 1.807) is 0 Å². The zero-order chi connectivity index (χ0) is 14.8. The predicted molar refractivity (Wildman–Crippen MR) is 87.5 cm³/mol. The van der Waals surface area contributed by atoms with E-state index in [9.17, 15) is 0 Å². The van der Waals surface area contributed by atoms with Crippen molar-refractivity contribution in [3.05, 3.63) is 34.9 Å². The normalized spacial score (nSPS) is 16.8. The molecule has 0 radical (unpaired) electrons. The Balaban J connectivity index is 0.00000220. The Kier molecular flexibility index (Phi) is 5.83. The van der Waals surface area contributed by atoms with Crippen LogP contribution in [0.25, 0.3) is 0 Å². The molecule has 8 heteroatoms. The van der Waals surface area contributed by atoms with Crippen molar-refractivity contribution >= 4 is 35.9 Å². The van der Waals surface area contributed by atoms with Crippen LogP contribution in [0.5, 0.6) is 0 Å². The van der Waals surface area contributed by atoms with Gasteiger partial charge in [0.05, 0.1) is 6.61 Å². The van der Waals surface area contributed by atoms with Crippen molar-refractivity contribution in [3.8, 4) is 0 Å². The minimum absolute atomic E-state index is 0. The second-order valence-electron chi connectivity index (χ2n) is 4.94. The molecule has 0 saturated carbocycles. The summed E-state index contributed by atoms with van der Waals surface area (Å²) < 4.78 is 0. The molecule has 0 amide bonds. The minimum atomic E-state index is -0.671. The van der Waals surface area contributed by atoms with Crippen molar-refractivity contribution in [2.75, 3.05) is 6.61 Å². The lowest BCUT2D eigenvalue weighted by Gasteiger charge is -2.36. The number of benzene rings is 1. The van der Waals surface area contributed by atoms with E-state index in [-0.39, 0.29) is 24.3 Å². The summed E-state index contributed by atoms with van der Waals surface area (Å²) in [6.07, 6.45) is 0.732. The molecular weight excluding hydrogens is 313 g/mol. The number of rotatable bonds is 4. The molecule has 0 bridgehead atoms. The molecule has 0 aliphatic carbocycles. The first-order chi connectivity index (χ1) is 9.38. The van der Waals surface area contributed by atoms with Gasteiger partial charge in [-0.2, -0.15) is 10.1 Å². The van der Waals surface area contributed by atoms with Crippen molar-refractivity contribution in [2.24, 2.45) is 21.5 Å². The Hall–Kier alpha value is -1.50. The molecule has 0 atom stereocenters. The minimum Gasteiger partial charge on any atom is -0.368 e. The van der Waals surface area contributed by atoms with Gasteiger partial charge in [-0.3, -0.25) is 4.84 Å². The number of nitrogens with two attached hydrogens (primary N) is 2. The molecule has 4 N–H and O–H groups in total. The fraction of sp³-hybridized carbons (Fsp3) is 0.385. The van der Waals surface area contributed by atoms with Crippen LogP contribution < -0.4 is 11.5 Å². The molecule has 1 aromatic carbocycles. The van der Waals surface area contributed by atoms with Crippen LogP contribution in [0, 0.1) is 0 Å². The van der Waals surface area contributed by atoms with E-state index in [2.05, 4.69) is 9.98 Å². The molecule has 1 aliphatic heterocycles. The van der Waals surface area contributed by atoms with E-state index in [1.807, 2.05) is 38.1 Å². The molecule has 0 unspecified atom stereocenters. The van der Waals surface area contributed by atoms with Gasteiger partial charge in [0.1, 0.15) is 0 Å². The van der Waals surface area contributed by atoms with Crippen LogP contribution in [0.15, 0.2) is 34.3 Å². The van der Waals surface area contributed by atoms with Gasteiger partial charge in [0.25, 0.3) is 0 Å². The molecule has 1 aliphatic rings. The first-order valence-corrected chi connectivity index (χ1v) is 6.63. The molecule has 0 fully saturated rings. The number of halogens is 2. The second-order valence-corrected chi connectivity index (χ2v) is 5.37. The summed E-state index contributed by atoms with van der Waals surface area (Å²) in [6, 6.07) is 7.62. The van der Waals surface area contributed by atoms with Gasteiger partial charge in [0, 0.05) is 5.02 Å². The van der Waals surface area contributed by atoms with Crippen LogP contribution in [0.3, 0.4) is 0 Å². The average Bonchev–Trinajstić information content (AvgIpc) is 2.34. The quantitative estimate of drug-likeness (QED) is 0.881. The van der Waals surface area contributed by atoms with Crippen LogP contribution in [0.2, 0.25) is 5.02 Å². The molecule has 1 heterocycles. The summed E-state index contributed by atoms with van der Waals surface area (Å²) in [6.45, 7) is 4.16. The third-order valence-corrected chi connectivity index (χ3v) is 3.10. The van der Waals surface area contributed by atoms with Gasteiger partial charge < -0.3 is 11.5 Å². The van der Waals surface area contributed by atoms with Crippen molar-refractivity contribution in [3.63, 3.8) is 0 Å². The SMILES string of the molecule is CC1(C)N=C(N)N=C(N)N1OCCc1ccc(Cl)cc1.Cl. The average molecular weight is 332 g/mol. The Bertz CT molecular complexity index is 542. The van der Waals surface area contributed by atoms with Crippen molar-refractivity contribution < 1.29 is 4.84 Å². The van der Waals surface area contributed by atoms with Crippen LogP contribution in [-0.2, 0) is 11.3 Å². The van der Waals surface area contributed by atoms with Gasteiger partial charge >= 0.3 is 0 Å². The number of hydrogen-bond acceptors (Lipinski definition) is 6. The molecule has 0 saturated heterocycles. The second kappa shape index (κ2) is 6.98. The first-order valence-electron chi connectivity index (χ1n) is 6.25. The lowest BCUT2D eigenvalue weighted by molar-refractivity contribution is -0.156. The lowest BCUT2D eigenvalue weighted by atomic mass is 10.2. The summed E-state index contributed by atoms with van der Waals surface area (Å²) in [7, 11) is 0. The summed E-state index contributed by atoms with van der Waals surface area (Å²) in [5, 5.41) is 2.19. The fourth-order valence-electron chi connectivity index (χ4n) is 1.92. The van der Waals surface area contributed by atoms with E-state index in [1.165, 1.54) is 5.06 Å².